The van der Waals surface area contributed by atoms with Gasteiger partial charge in [-0.25, -0.2) is 13.1 Å². The molecule has 0 aliphatic heterocycles. The summed E-state index contributed by atoms with van der Waals surface area (Å²) in [5, 5.41) is 0.240. The van der Waals surface area contributed by atoms with E-state index in [9.17, 15) is 8.42 Å². The molecule has 0 aliphatic carbocycles. The van der Waals surface area contributed by atoms with Crippen LogP contribution >= 0.6 is 11.6 Å². The van der Waals surface area contributed by atoms with E-state index in [2.05, 4.69) is 23.5 Å². The van der Waals surface area contributed by atoms with Crippen LogP contribution < -0.4 is 10.5 Å². The van der Waals surface area contributed by atoms with Crippen molar-refractivity contribution in [2.45, 2.75) is 31.2 Å². The highest BCUT2D eigenvalue weighted by molar-refractivity contribution is 7.89. The van der Waals surface area contributed by atoms with E-state index >= 15 is 0 Å². The highest BCUT2D eigenvalue weighted by Crippen LogP contribution is 2.22. The SMILES string of the molecule is CCC(C)N(C)CCNS(=O)(=O)c1ccc(N)c(Cl)c1. The molecule has 1 aromatic rings. The molecule has 0 bridgehead atoms. The Morgan fingerprint density at radius 3 is 2.65 bits per heavy atom. The zero-order chi connectivity index (χ0) is 15.3. The van der Waals surface area contributed by atoms with E-state index < -0.39 is 10.0 Å². The van der Waals surface area contributed by atoms with Crippen LogP contribution in [0.2, 0.25) is 5.02 Å². The van der Waals surface area contributed by atoms with Crippen molar-refractivity contribution in [1.29, 1.82) is 0 Å². The van der Waals surface area contributed by atoms with Crippen molar-refractivity contribution in [1.82, 2.24) is 9.62 Å². The number of likely N-dealkylation sites (N-methyl/N-ethyl adjacent to an activating group) is 1. The number of nitrogens with one attached hydrogen (secondary N) is 1. The molecular formula is C13H22ClN3O2S. The maximum Gasteiger partial charge on any atom is 0.240 e. The van der Waals surface area contributed by atoms with Gasteiger partial charge in [-0.15, -0.1) is 0 Å². The van der Waals surface area contributed by atoms with E-state index in [0.29, 0.717) is 24.8 Å². The summed E-state index contributed by atoms with van der Waals surface area (Å²) in [6.07, 6.45) is 1.02. The average Bonchev–Trinajstić information content (AvgIpc) is 2.40. The smallest absolute Gasteiger partial charge is 0.240 e. The first-order chi connectivity index (χ1) is 9.27. The fraction of sp³-hybridized carbons (Fsp3) is 0.538. The number of hydrogen-bond donors (Lipinski definition) is 2. The van der Waals surface area contributed by atoms with Crippen LogP contribution in [0.5, 0.6) is 0 Å². The fourth-order valence-electron chi connectivity index (χ4n) is 1.65. The van der Waals surface area contributed by atoms with Gasteiger partial charge >= 0.3 is 0 Å². The van der Waals surface area contributed by atoms with E-state index in [1.54, 1.807) is 0 Å². The Bertz CT molecular complexity index is 549. The first kappa shape index (κ1) is 17.2. The van der Waals surface area contributed by atoms with E-state index in [1.165, 1.54) is 18.2 Å². The third-order valence-electron chi connectivity index (χ3n) is 3.38. The predicted molar refractivity (Wildman–Crippen MR) is 83.4 cm³/mol. The molecule has 7 heteroatoms. The molecule has 1 atom stereocenters. The highest BCUT2D eigenvalue weighted by Gasteiger charge is 2.15. The maximum absolute atomic E-state index is 12.1. The van der Waals surface area contributed by atoms with Crippen molar-refractivity contribution in [2.24, 2.45) is 0 Å². The molecule has 0 heterocycles. The molecule has 1 aromatic carbocycles. The van der Waals surface area contributed by atoms with Crippen molar-refractivity contribution >= 4 is 27.3 Å². The van der Waals surface area contributed by atoms with Crippen LogP contribution in [0.3, 0.4) is 0 Å². The molecule has 0 aromatic heterocycles. The summed E-state index contributed by atoms with van der Waals surface area (Å²) in [6.45, 7) is 5.21. The monoisotopic (exact) mass is 319 g/mol. The van der Waals surface area contributed by atoms with Gasteiger partial charge in [0.25, 0.3) is 0 Å². The van der Waals surface area contributed by atoms with Crippen LogP contribution in [-0.2, 0) is 10.0 Å². The summed E-state index contributed by atoms with van der Waals surface area (Å²) in [6, 6.07) is 4.72. The molecule has 0 aliphatic rings. The predicted octanol–water partition coefficient (Wildman–Crippen LogP) is 1.93. The van der Waals surface area contributed by atoms with Crippen LogP contribution in [-0.4, -0.2) is 39.5 Å². The maximum atomic E-state index is 12.1. The van der Waals surface area contributed by atoms with Crippen molar-refractivity contribution < 1.29 is 8.42 Å². The summed E-state index contributed by atoms with van der Waals surface area (Å²) < 4.78 is 26.7. The minimum Gasteiger partial charge on any atom is -0.398 e. The number of anilines is 1. The molecule has 1 rings (SSSR count). The van der Waals surface area contributed by atoms with Crippen LogP contribution in [0.25, 0.3) is 0 Å². The molecule has 5 nitrogen and oxygen atoms in total. The number of hydrogen-bond acceptors (Lipinski definition) is 4. The van der Waals surface area contributed by atoms with Gasteiger partial charge in [-0.2, -0.15) is 0 Å². The largest absolute Gasteiger partial charge is 0.398 e. The number of halogens is 1. The van der Waals surface area contributed by atoms with Crippen LogP contribution in [0.15, 0.2) is 23.1 Å². The molecule has 0 saturated heterocycles. The zero-order valence-electron chi connectivity index (χ0n) is 12.1. The van der Waals surface area contributed by atoms with Crippen LogP contribution in [0, 0.1) is 0 Å². The lowest BCUT2D eigenvalue weighted by atomic mass is 10.2. The molecule has 0 amide bonds. The standard InChI is InChI=1S/C13H22ClN3O2S/c1-4-10(2)17(3)8-7-16-20(18,19)11-5-6-13(15)12(14)9-11/h5-6,9-10,16H,4,7-8,15H2,1-3H3. The van der Waals surface area contributed by atoms with Gasteiger partial charge in [-0.1, -0.05) is 18.5 Å². The molecule has 20 heavy (non-hydrogen) atoms. The number of nitrogen functional groups attached to an aromatic ring is 1. The van der Waals surface area contributed by atoms with Gasteiger partial charge < -0.3 is 10.6 Å². The lowest BCUT2D eigenvalue weighted by Gasteiger charge is -2.23. The second-order valence-corrected chi connectivity index (χ2v) is 6.99. The fourth-order valence-corrected chi connectivity index (χ4v) is 2.94. The molecule has 0 saturated carbocycles. The lowest BCUT2D eigenvalue weighted by Crippen LogP contribution is -2.37. The molecule has 0 spiro atoms. The van der Waals surface area contributed by atoms with Gasteiger partial charge in [0.2, 0.25) is 10.0 Å². The first-order valence-electron chi connectivity index (χ1n) is 6.53. The number of benzene rings is 1. The van der Waals surface area contributed by atoms with Gasteiger partial charge in [0.1, 0.15) is 0 Å². The minimum absolute atomic E-state index is 0.128. The second-order valence-electron chi connectivity index (χ2n) is 4.82. The van der Waals surface area contributed by atoms with Gasteiger partial charge in [0.05, 0.1) is 15.6 Å². The van der Waals surface area contributed by atoms with Gasteiger partial charge in [-0.3, -0.25) is 0 Å². The molecular weight excluding hydrogens is 298 g/mol. The van der Waals surface area contributed by atoms with E-state index in [-0.39, 0.29) is 9.92 Å². The summed E-state index contributed by atoms with van der Waals surface area (Å²) in [5.74, 6) is 0. The van der Waals surface area contributed by atoms with Crippen LogP contribution in [0.1, 0.15) is 20.3 Å². The number of rotatable bonds is 7. The Morgan fingerprint density at radius 2 is 2.10 bits per heavy atom. The summed E-state index contributed by atoms with van der Waals surface area (Å²) in [7, 11) is -1.57. The molecule has 0 radical (unpaired) electrons. The van der Waals surface area contributed by atoms with E-state index in [4.69, 9.17) is 17.3 Å². The quantitative estimate of drug-likeness (QED) is 0.753. The second kappa shape index (κ2) is 7.26. The van der Waals surface area contributed by atoms with Crippen molar-refractivity contribution in [3.63, 3.8) is 0 Å². The van der Waals surface area contributed by atoms with Gasteiger partial charge in [0.15, 0.2) is 0 Å². The Balaban J connectivity index is 2.64. The van der Waals surface area contributed by atoms with Crippen LogP contribution in [0.4, 0.5) is 5.69 Å². The van der Waals surface area contributed by atoms with Gasteiger partial charge in [0, 0.05) is 19.1 Å². The molecule has 114 valence electrons. The van der Waals surface area contributed by atoms with Crippen molar-refractivity contribution in [2.75, 3.05) is 25.9 Å². The first-order valence-corrected chi connectivity index (χ1v) is 8.39. The summed E-state index contributed by atoms with van der Waals surface area (Å²) >= 11 is 5.84. The van der Waals surface area contributed by atoms with Gasteiger partial charge in [-0.05, 0) is 38.6 Å². The third kappa shape index (κ3) is 4.63. The highest BCUT2D eigenvalue weighted by atomic mass is 35.5. The number of nitrogens with two attached hydrogens (primary N) is 1. The summed E-state index contributed by atoms with van der Waals surface area (Å²) in [4.78, 5) is 2.24. The van der Waals surface area contributed by atoms with Crippen molar-refractivity contribution in [3.05, 3.63) is 23.2 Å². The number of nitrogens with zero attached hydrogens (tertiary/aromatic N) is 1. The Labute approximate surface area is 126 Å². The van der Waals surface area contributed by atoms with E-state index in [1.807, 2.05) is 7.05 Å². The Morgan fingerprint density at radius 1 is 1.45 bits per heavy atom. The summed E-state index contributed by atoms with van der Waals surface area (Å²) in [5.41, 5.74) is 5.93. The molecule has 1 unspecified atom stereocenters. The third-order valence-corrected chi connectivity index (χ3v) is 5.17. The zero-order valence-corrected chi connectivity index (χ0v) is 13.6. The Hall–Kier alpha value is -0.820. The molecule has 0 fully saturated rings. The normalized spacial score (nSPS) is 13.7. The Kier molecular flexibility index (Phi) is 6.26. The average molecular weight is 320 g/mol. The van der Waals surface area contributed by atoms with Crippen molar-refractivity contribution in [3.8, 4) is 0 Å². The topological polar surface area (TPSA) is 75.4 Å². The lowest BCUT2D eigenvalue weighted by molar-refractivity contribution is 0.256. The van der Waals surface area contributed by atoms with E-state index in [0.717, 1.165) is 6.42 Å². The minimum atomic E-state index is -3.54. The molecule has 3 N–H and O–H groups in total. The number of sulfonamides is 1.